The monoisotopic (exact) mass is 183 g/mol. The van der Waals surface area contributed by atoms with Gasteiger partial charge in [0.1, 0.15) is 0 Å². The first-order valence-electron chi connectivity index (χ1n) is 5.71. The Morgan fingerprint density at radius 3 is 2.31 bits per heavy atom. The number of hydrogen-bond acceptors (Lipinski definition) is 2. The van der Waals surface area contributed by atoms with E-state index < -0.39 is 0 Å². The van der Waals surface area contributed by atoms with Crippen LogP contribution in [0.5, 0.6) is 0 Å². The summed E-state index contributed by atoms with van der Waals surface area (Å²) in [6, 6.07) is 1.08. The molecule has 0 aromatic carbocycles. The summed E-state index contributed by atoms with van der Waals surface area (Å²) in [5.41, 5.74) is 0. The molecule has 0 aromatic rings. The predicted molar refractivity (Wildman–Crippen MR) is 53.6 cm³/mol. The molecule has 4 atom stereocenters. The van der Waals surface area contributed by atoms with Crippen molar-refractivity contribution in [2.75, 3.05) is 0 Å². The van der Waals surface area contributed by atoms with E-state index in [-0.39, 0.29) is 6.10 Å². The van der Waals surface area contributed by atoms with Crippen molar-refractivity contribution in [1.82, 2.24) is 5.32 Å². The summed E-state index contributed by atoms with van der Waals surface area (Å²) >= 11 is 0. The Labute approximate surface area is 80.7 Å². The summed E-state index contributed by atoms with van der Waals surface area (Å²) in [6.07, 6.45) is 7.54. The number of aliphatic hydroxyl groups excluding tert-OH is 1. The van der Waals surface area contributed by atoms with Crippen molar-refractivity contribution in [2.24, 2.45) is 5.92 Å². The van der Waals surface area contributed by atoms with Crippen LogP contribution in [0.2, 0.25) is 0 Å². The van der Waals surface area contributed by atoms with Gasteiger partial charge in [0.25, 0.3) is 0 Å². The third-order valence-electron chi connectivity index (χ3n) is 3.78. The fraction of sp³-hybridized carbons (Fsp3) is 1.00. The first-order chi connectivity index (χ1) is 6.27. The van der Waals surface area contributed by atoms with E-state index in [2.05, 4.69) is 12.2 Å². The van der Waals surface area contributed by atoms with E-state index in [9.17, 15) is 5.11 Å². The smallest absolute Gasteiger partial charge is 0.0693 e. The summed E-state index contributed by atoms with van der Waals surface area (Å²) in [6.45, 7) is 2.34. The molecule has 2 saturated carbocycles. The minimum Gasteiger partial charge on any atom is -0.392 e. The molecule has 2 unspecified atom stereocenters. The van der Waals surface area contributed by atoms with Gasteiger partial charge >= 0.3 is 0 Å². The van der Waals surface area contributed by atoms with Gasteiger partial charge in [0.2, 0.25) is 0 Å². The lowest BCUT2D eigenvalue weighted by molar-refractivity contribution is 0.0363. The SMILES string of the molecule is CC1CCCCC1N[C@@H]1CC[C@H]1O. The zero-order chi connectivity index (χ0) is 9.26. The van der Waals surface area contributed by atoms with Crippen LogP contribution in [0, 0.1) is 5.92 Å². The lowest BCUT2D eigenvalue weighted by Gasteiger charge is -2.39. The molecule has 0 aliphatic heterocycles. The molecule has 2 N–H and O–H groups in total. The topological polar surface area (TPSA) is 32.3 Å². The minimum absolute atomic E-state index is 0.0610. The summed E-state index contributed by atoms with van der Waals surface area (Å²) in [7, 11) is 0. The largest absolute Gasteiger partial charge is 0.392 e. The van der Waals surface area contributed by atoms with E-state index in [0.29, 0.717) is 12.1 Å². The molecule has 2 rings (SSSR count). The maximum absolute atomic E-state index is 9.46. The Morgan fingerprint density at radius 2 is 1.77 bits per heavy atom. The second kappa shape index (κ2) is 3.97. The van der Waals surface area contributed by atoms with Gasteiger partial charge in [0.05, 0.1) is 6.10 Å². The van der Waals surface area contributed by atoms with Gasteiger partial charge in [0.15, 0.2) is 0 Å². The molecule has 76 valence electrons. The average molecular weight is 183 g/mol. The lowest BCUT2D eigenvalue weighted by atomic mass is 9.82. The molecule has 0 aromatic heterocycles. The summed E-state index contributed by atoms with van der Waals surface area (Å²) in [5.74, 6) is 0.807. The van der Waals surface area contributed by atoms with Gasteiger partial charge in [-0.3, -0.25) is 0 Å². The lowest BCUT2D eigenvalue weighted by Crippen LogP contribution is -2.53. The molecule has 0 saturated heterocycles. The molecular formula is C11H21NO. The molecule has 13 heavy (non-hydrogen) atoms. The third kappa shape index (κ3) is 2.05. The first kappa shape index (κ1) is 9.47. The number of aliphatic hydroxyl groups is 1. The van der Waals surface area contributed by atoms with Gasteiger partial charge in [-0.1, -0.05) is 19.8 Å². The van der Waals surface area contributed by atoms with Crippen LogP contribution in [0.4, 0.5) is 0 Å². The van der Waals surface area contributed by atoms with Crippen LogP contribution < -0.4 is 5.32 Å². The second-order valence-corrected chi connectivity index (χ2v) is 4.79. The maximum Gasteiger partial charge on any atom is 0.0693 e. The van der Waals surface area contributed by atoms with Gasteiger partial charge in [-0.25, -0.2) is 0 Å². The second-order valence-electron chi connectivity index (χ2n) is 4.79. The van der Waals surface area contributed by atoms with Gasteiger partial charge in [-0.2, -0.15) is 0 Å². The van der Waals surface area contributed by atoms with E-state index in [0.717, 1.165) is 12.3 Å². The van der Waals surface area contributed by atoms with Crippen molar-refractivity contribution >= 4 is 0 Å². The van der Waals surface area contributed by atoms with Crippen molar-refractivity contribution in [3.63, 3.8) is 0 Å². The zero-order valence-electron chi connectivity index (χ0n) is 8.50. The van der Waals surface area contributed by atoms with Gasteiger partial charge in [-0.05, 0) is 31.6 Å². The fourth-order valence-electron chi connectivity index (χ4n) is 2.52. The van der Waals surface area contributed by atoms with Gasteiger partial charge in [-0.15, -0.1) is 0 Å². The van der Waals surface area contributed by atoms with Gasteiger partial charge in [0, 0.05) is 12.1 Å². The molecule has 0 amide bonds. The highest BCUT2D eigenvalue weighted by Gasteiger charge is 2.32. The van der Waals surface area contributed by atoms with Crippen LogP contribution >= 0.6 is 0 Å². The normalized spacial score (nSPS) is 45.7. The predicted octanol–water partition coefficient (Wildman–Crippen LogP) is 1.68. The van der Waals surface area contributed by atoms with E-state index in [1.165, 1.54) is 32.1 Å². The Balaban J connectivity index is 1.78. The first-order valence-corrected chi connectivity index (χ1v) is 5.71. The molecule has 0 radical (unpaired) electrons. The van der Waals surface area contributed by atoms with Crippen molar-refractivity contribution in [3.8, 4) is 0 Å². The Kier molecular flexibility index (Phi) is 2.89. The van der Waals surface area contributed by atoms with Crippen molar-refractivity contribution in [1.29, 1.82) is 0 Å². The van der Waals surface area contributed by atoms with E-state index in [1.807, 2.05) is 0 Å². The Bertz CT molecular complexity index is 171. The molecule has 2 nitrogen and oxygen atoms in total. The quantitative estimate of drug-likeness (QED) is 0.682. The highest BCUT2D eigenvalue weighted by atomic mass is 16.3. The number of rotatable bonds is 2. The third-order valence-corrected chi connectivity index (χ3v) is 3.78. The summed E-state index contributed by atoms with van der Waals surface area (Å²) in [5, 5.41) is 13.1. The van der Waals surface area contributed by atoms with Crippen LogP contribution in [0.3, 0.4) is 0 Å². The summed E-state index contributed by atoms with van der Waals surface area (Å²) in [4.78, 5) is 0. The van der Waals surface area contributed by atoms with Crippen molar-refractivity contribution in [2.45, 2.75) is 63.6 Å². The summed E-state index contributed by atoms with van der Waals surface area (Å²) < 4.78 is 0. The molecule has 0 heterocycles. The molecule has 2 fully saturated rings. The standard InChI is InChI=1S/C11H21NO/c1-8-4-2-3-5-9(8)12-10-6-7-11(10)13/h8-13H,2-7H2,1H3/t8?,9?,10-,11-/m1/s1. The highest BCUT2D eigenvalue weighted by Crippen LogP contribution is 2.27. The maximum atomic E-state index is 9.46. The zero-order valence-corrected chi connectivity index (χ0v) is 8.50. The Morgan fingerprint density at radius 1 is 1.00 bits per heavy atom. The molecule has 0 spiro atoms. The van der Waals surface area contributed by atoms with E-state index in [1.54, 1.807) is 0 Å². The van der Waals surface area contributed by atoms with E-state index >= 15 is 0 Å². The minimum atomic E-state index is -0.0610. The van der Waals surface area contributed by atoms with Crippen LogP contribution in [-0.4, -0.2) is 23.3 Å². The Hall–Kier alpha value is -0.0800. The number of nitrogens with one attached hydrogen (secondary N) is 1. The van der Waals surface area contributed by atoms with Crippen LogP contribution in [0.25, 0.3) is 0 Å². The highest BCUT2D eigenvalue weighted by molar-refractivity contribution is 4.91. The van der Waals surface area contributed by atoms with Crippen LogP contribution in [0.15, 0.2) is 0 Å². The van der Waals surface area contributed by atoms with Crippen LogP contribution in [0.1, 0.15) is 45.4 Å². The molecular weight excluding hydrogens is 162 g/mol. The fourth-order valence-corrected chi connectivity index (χ4v) is 2.52. The van der Waals surface area contributed by atoms with Crippen molar-refractivity contribution < 1.29 is 5.11 Å². The average Bonchev–Trinajstić information content (AvgIpc) is 2.14. The molecule has 0 bridgehead atoms. The molecule has 2 heteroatoms. The van der Waals surface area contributed by atoms with Crippen molar-refractivity contribution in [3.05, 3.63) is 0 Å². The van der Waals surface area contributed by atoms with Crippen LogP contribution in [-0.2, 0) is 0 Å². The van der Waals surface area contributed by atoms with E-state index in [4.69, 9.17) is 0 Å². The molecule has 2 aliphatic carbocycles. The number of hydrogen-bond donors (Lipinski definition) is 2. The molecule has 2 aliphatic rings. The van der Waals surface area contributed by atoms with Gasteiger partial charge < -0.3 is 10.4 Å².